The van der Waals surface area contributed by atoms with E-state index in [4.69, 9.17) is 4.74 Å². The number of nitrogens with zero attached hydrogens (tertiary/aromatic N) is 1. The zero-order valence-electron chi connectivity index (χ0n) is 13.6. The Morgan fingerprint density at radius 3 is 2.71 bits per heavy atom. The largest absolute Gasteiger partial charge is 0.495 e. The summed E-state index contributed by atoms with van der Waals surface area (Å²) in [6.07, 6.45) is 12.6. The molecule has 118 valence electrons. The van der Waals surface area contributed by atoms with Crippen LogP contribution in [0.5, 0.6) is 5.75 Å². The van der Waals surface area contributed by atoms with Gasteiger partial charge < -0.3 is 10.1 Å². The molecule has 0 spiro atoms. The van der Waals surface area contributed by atoms with Crippen molar-refractivity contribution in [3.8, 4) is 5.75 Å². The molecule has 1 aliphatic rings. The van der Waals surface area contributed by atoms with Crippen molar-refractivity contribution < 1.29 is 4.74 Å². The molecule has 3 heteroatoms. The molecule has 1 aromatic rings. The van der Waals surface area contributed by atoms with Gasteiger partial charge in [0.15, 0.2) is 0 Å². The number of aromatic nitrogens is 1. The van der Waals surface area contributed by atoms with E-state index < -0.39 is 0 Å². The minimum Gasteiger partial charge on any atom is -0.495 e. The highest BCUT2D eigenvalue weighted by atomic mass is 16.5. The average molecular weight is 290 g/mol. The summed E-state index contributed by atoms with van der Waals surface area (Å²) in [7, 11) is 1.74. The second kappa shape index (κ2) is 9.04. The fourth-order valence-electron chi connectivity index (χ4n) is 3.38. The fourth-order valence-corrected chi connectivity index (χ4v) is 3.38. The van der Waals surface area contributed by atoms with E-state index in [-0.39, 0.29) is 0 Å². The van der Waals surface area contributed by atoms with Crippen molar-refractivity contribution in [2.24, 2.45) is 5.92 Å². The Balaban J connectivity index is 2.09. The lowest BCUT2D eigenvalue weighted by atomic mass is 9.91. The molecule has 0 amide bonds. The molecule has 1 aliphatic carbocycles. The molecule has 0 bridgehead atoms. The standard InChI is InChI=1S/C18H30N2O/c1-3-12-19-16(14-15-9-6-4-5-7-10-15)18-17(21-2)11-8-13-20-18/h8,11,13,15-16,19H,3-7,9-10,12,14H2,1-2H3. The van der Waals surface area contributed by atoms with Crippen molar-refractivity contribution in [1.82, 2.24) is 10.3 Å². The minimum atomic E-state index is 0.323. The number of hydrogen-bond acceptors (Lipinski definition) is 3. The molecule has 21 heavy (non-hydrogen) atoms. The van der Waals surface area contributed by atoms with E-state index >= 15 is 0 Å². The fraction of sp³-hybridized carbons (Fsp3) is 0.722. The first-order valence-electron chi connectivity index (χ1n) is 8.57. The van der Waals surface area contributed by atoms with E-state index in [0.29, 0.717) is 6.04 Å². The van der Waals surface area contributed by atoms with E-state index in [1.165, 1.54) is 44.9 Å². The molecule has 0 radical (unpaired) electrons. The Kier molecular flexibility index (Phi) is 7.01. The zero-order chi connectivity index (χ0) is 14.9. The summed E-state index contributed by atoms with van der Waals surface area (Å²) in [5.41, 5.74) is 1.08. The number of pyridine rings is 1. The van der Waals surface area contributed by atoms with Crippen molar-refractivity contribution in [2.75, 3.05) is 13.7 Å². The highest BCUT2D eigenvalue weighted by Gasteiger charge is 2.22. The molecule has 1 heterocycles. The lowest BCUT2D eigenvalue weighted by Crippen LogP contribution is -2.26. The van der Waals surface area contributed by atoms with Gasteiger partial charge in [0.25, 0.3) is 0 Å². The van der Waals surface area contributed by atoms with E-state index in [9.17, 15) is 0 Å². The van der Waals surface area contributed by atoms with Crippen LogP contribution in [0.15, 0.2) is 18.3 Å². The van der Waals surface area contributed by atoms with Crippen molar-refractivity contribution in [1.29, 1.82) is 0 Å². The third-order valence-corrected chi connectivity index (χ3v) is 4.53. The molecule has 1 fully saturated rings. The normalized spacial score (nSPS) is 18.2. The van der Waals surface area contributed by atoms with E-state index in [0.717, 1.165) is 30.3 Å². The van der Waals surface area contributed by atoms with Gasteiger partial charge in [-0.2, -0.15) is 0 Å². The second-order valence-corrected chi connectivity index (χ2v) is 6.19. The number of rotatable bonds is 7. The summed E-state index contributed by atoms with van der Waals surface area (Å²) in [6, 6.07) is 4.30. The molecular formula is C18H30N2O. The van der Waals surface area contributed by atoms with Crippen LogP contribution in [0, 0.1) is 5.92 Å². The van der Waals surface area contributed by atoms with Crippen LogP contribution in [-0.2, 0) is 0 Å². The Labute approximate surface area is 129 Å². The van der Waals surface area contributed by atoms with Crippen LogP contribution in [0.25, 0.3) is 0 Å². The number of hydrogen-bond donors (Lipinski definition) is 1. The van der Waals surface area contributed by atoms with Crippen molar-refractivity contribution >= 4 is 0 Å². The first-order valence-corrected chi connectivity index (χ1v) is 8.57. The van der Waals surface area contributed by atoms with Gasteiger partial charge in [0.1, 0.15) is 5.75 Å². The summed E-state index contributed by atoms with van der Waals surface area (Å²) in [5, 5.41) is 3.69. The van der Waals surface area contributed by atoms with Gasteiger partial charge in [0.2, 0.25) is 0 Å². The lowest BCUT2D eigenvalue weighted by molar-refractivity contribution is 0.337. The summed E-state index contributed by atoms with van der Waals surface area (Å²) in [5.74, 6) is 1.74. The monoisotopic (exact) mass is 290 g/mol. The molecule has 1 N–H and O–H groups in total. The van der Waals surface area contributed by atoms with Gasteiger partial charge in [-0.15, -0.1) is 0 Å². The number of nitrogens with one attached hydrogen (secondary N) is 1. The zero-order valence-corrected chi connectivity index (χ0v) is 13.6. The third kappa shape index (κ3) is 4.99. The van der Waals surface area contributed by atoms with Gasteiger partial charge in [0, 0.05) is 6.20 Å². The quantitative estimate of drug-likeness (QED) is 0.751. The van der Waals surface area contributed by atoms with Crippen LogP contribution in [0.4, 0.5) is 0 Å². The first kappa shape index (κ1) is 16.3. The Morgan fingerprint density at radius 2 is 2.05 bits per heavy atom. The van der Waals surface area contributed by atoms with Crippen LogP contribution in [0.2, 0.25) is 0 Å². The van der Waals surface area contributed by atoms with Gasteiger partial charge >= 0.3 is 0 Å². The average Bonchev–Trinajstić information content (AvgIpc) is 2.80. The molecule has 1 unspecified atom stereocenters. The van der Waals surface area contributed by atoms with Crippen LogP contribution in [0.3, 0.4) is 0 Å². The molecule has 0 aromatic carbocycles. The summed E-state index contributed by atoms with van der Waals surface area (Å²) in [4.78, 5) is 4.60. The molecule has 1 atom stereocenters. The smallest absolute Gasteiger partial charge is 0.141 e. The SMILES string of the molecule is CCCNC(CC1CCCCCC1)c1ncccc1OC. The second-order valence-electron chi connectivity index (χ2n) is 6.19. The maximum Gasteiger partial charge on any atom is 0.141 e. The highest BCUT2D eigenvalue weighted by molar-refractivity contribution is 5.29. The maximum atomic E-state index is 5.52. The molecule has 1 aromatic heterocycles. The van der Waals surface area contributed by atoms with E-state index in [2.05, 4.69) is 17.2 Å². The number of ether oxygens (including phenoxy) is 1. The Morgan fingerprint density at radius 1 is 1.29 bits per heavy atom. The van der Waals surface area contributed by atoms with Crippen LogP contribution >= 0.6 is 0 Å². The summed E-state index contributed by atoms with van der Waals surface area (Å²) in [6.45, 7) is 3.25. The molecule has 2 rings (SSSR count). The molecule has 3 nitrogen and oxygen atoms in total. The Bertz CT molecular complexity index is 400. The molecule has 0 aliphatic heterocycles. The summed E-state index contributed by atoms with van der Waals surface area (Å²) < 4.78 is 5.52. The predicted molar refractivity (Wildman–Crippen MR) is 87.6 cm³/mol. The van der Waals surface area contributed by atoms with Crippen molar-refractivity contribution in [2.45, 2.75) is 64.3 Å². The van der Waals surface area contributed by atoms with Gasteiger partial charge in [-0.25, -0.2) is 0 Å². The van der Waals surface area contributed by atoms with Crippen LogP contribution in [0.1, 0.15) is 70.0 Å². The van der Waals surface area contributed by atoms with Gasteiger partial charge in [-0.05, 0) is 37.4 Å². The summed E-state index contributed by atoms with van der Waals surface area (Å²) >= 11 is 0. The van der Waals surface area contributed by atoms with Gasteiger partial charge in [0.05, 0.1) is 18.8 Å². The molecule has 1 saturated carbocycles. The van der Waals surface area contributed by atoms with E-state index in [1.807, 2.05) is 18.3 Å². The minimum absolute atomic E-state index is 0.323. The molecular weight excluding hydrogens is 260 g/mol. The van der Waals surface area contributed by atoms with Gasteiger partial charge in [-0.3, -0.25) is 4.98 Å². The van der Waals surface area contributed by atoms with Crippen LogP contribution in [-0.4, -0.2) is 18.6 Å². The highest BCUT2D eigenvalue weighted by Crippen LogP contribution is 2.33. The Hall–Kier alpha value is -1.09. The first-order chi connectivity index (χ1) is 10.3. The topological polar surface area (TPSA) is 34.2 Å². The molecule has 0 saturated heterocycles. The van der Waals surface area contributed by atoms with Crippen LogP contribution < -0.4 is 10.1 Å². The third-order valence-electron chi connectivity index (χ3n) is 4.53. The number of methoxy groups -OCH3 is 1. The van der Waals surface area contributed by atoms with Crippen molar-refractivity contribution in [3.63, 3.8) is 0 Å². The lowest BCUT2D eigenvalue weighted by Gasteiger charge is -2.24. The van der Waals surface area contributed by atoms with Crippen molar-refractivity contribution in [3.05, 3.63) is 24.0 Å². The van der Waals surface area contributed by atoms with Gasteiger partial charge in [-0.1, -0.05) is 45.4 Å². The van der Waals surface area contributed by atoms with E-state index in [1.54, 1.807) is 7.11 Å². The maximum absolute atomic E-state index is 5.52. The predicted octanol–water partition coefficient (Wildman–Crippen LogP) is 4.49.